The molecule has 1 heterocycles. The minimum atomic E-state index is 0.127. The molecule has 88 valence electrons. The second-order valence-corrected chi connectivity index (χ2v) is 4.52. The molecule has 1 atom stereocenters. The Bertz CT molecular complexity index is 501. The average Bonchev–Trinajstić information content (AvgIpc) is 2.35. The van der Waals surface area contributed by atoms with E-state index in [1.165, 1.54) is 5.56 Å². The molecule has 0 fully saturated rings. The normalized spacial score (nSPS) is 12.1. The summed E-state index contributed by atoms with van der Waals surface area (Å²) in [7, 11) is 0. The predicted octanol–water partition coefficient (Wildman–Crippen LogP) is 2.99. The summed E-state index contributed by atoms with van der Waals surface area (Å²) in [5, 5.41) is 3.24. The van der Waals surface area contributed by atoms with Crippen LogP contribution < -0.4 is 11.1 Å². The van der Waals surface area contributed by atoms with Crippen molar-refractivity contribution in [3.63, 3.8) is 0 Å². The number of hydrogen-bond acceptors (Lipinski definition) is 4. The number of aromatic nitrogens is 2. The highest BCUT2D eigenvalue weighted by atomic mass is 79.9. The Morgan fingerprint density at radius 1 is 1.29 bits per heavy atom. The van der Waals surface area contributed by atoms with Gasteiger partial charge in [-0.1, -0.05) is 30.3 Å². The second-order valence-electron chi connectivity index (χ2n) is 3.70. The standard InChI is InChI=1S/C12H13BrN4/c1-8(9-5-3-2-4-6-9)16-12-11(14)15-7-10(13)17-12/h2-8H,1H3,(H2,14,15)(H,16,17). The van der Waals surface area contributed by atoms with E-state index in [4.69, 9.17) is 5.73 Å². The summed E-state index contributed by atoms with van der Waals surface area (Å²) in [4.78, 5) is 8.29. The third kappa shape index (κ3) is 2.94. The van der Waals surface area contributed by atoms with Gasteiger partial charge in [-0.15, -0.1) is 0 Å². The zero-order valence-electron chi connectivity index (χ0n) is 9.39. The van der Waals surface area contributed by atoms with E-state index in [2.05, 4.69) is 50.3 Å². The molecule has 0 bridgehead atoms. The van der Waals surface area contributed by atoms with Crippen LogP contribution in [0.2, 0.25) is 0 Å². The van der Waals surface area contributed by atoms with Gasteiger partial charge in [-0.25, -0.2) is 9.97 Å². The van der Waals surface area contributed by atoms with E-state index in [0.717, 1.165) is 0 Å². The number of hydrogen-bond donors (Lipinski definition) is 2. The van der Waals surface area contributed by atoms with Gasteiger partial charge < -0.3 is 11.1 Å². The van der Waals surface area contributed by atoms with Crippen molar-refractivity contribution in [2.75, 3.05) is 11.1 Å². The summed E-state index contributed by atoms with van der Waals surface area (Å²) >= 11 is 3.27. The van der Waals surface area contributed by atoms with Gasteiger partial charge in [0.1, 0.15) is 4.60 Å². The van der Waals surface area contributed by atoms with Crippen LogP contribution in [0.15, 0.2) is 41.1 Å². The summed E-state index contributed by atoms with van der Waals surface area (Å²) in [5.41, 5.74) is 6.93. The van der Waals surface area contributed by atoms with E-state index in [0.29, 0.717) is 16.2 Å². The molecule has 1 unspecified atom stereocenters. The molecule has 3 N–H and O–H groups in total. The lowest BCUT2D eigenvalue weighted by Crippen LogP contribution is -2.10. The van der Waals surface area contributed by atoms with Gasteiger partial charge >= 0.3 is 0 Å². The Hall–Kier alpha value is -1.62. The number of benzene rings is 1. The van der Waals surface area contributed by atoms with Gasteiger partial charge in [-0.3, -0.25) is 0 Å². The first-order valence-electron chi connectivity index (χ1n) is 5.26. The topological polar surface area (TPSA) is 63.8 Å². The van der Waals surface area contributed by atoms with Crippen molar-refractivity contribution in [3.05, 3.63) is 46.7 Å². The summed E-state index contributed by atoms with van der Waals surface area (Å²) < 4.78 is 0.662. The minimum Gasteiger partial charge on any atom is -0.381 e. The van der Waals surface area contributed by atoms with Crippen LogP contribution in [-0.2, 0) is 0 Å². The summed E-state index contributed by atoms with van der Waals surface area (Å²) in [6.07, 6.45) is 1.58. The molecule has 0 spiro atoms. The SMILES string of the molecule is CC(Nc1nc(Br)cnc1N)c1ccccc1. The first kappa shape index (κ1) is 11.9. The Morgan fingerprint density at radius 2 is 2.00 bits per heavy atom. The van der Waals surface area contributed by atoms with Crippen LogP contribution in [0.5, 0.6) is 0 Å². The van der Waals surface area contributed by atoms with E-state index in [1.807, 2.05) is 18.2 Å². The van der Waals surface area contributed by atoms with Crippen molar-refractivity contribution >= 4 is 27.6 Å². The second kappa shape index (κ2) is 5.14. The number of nitrogens with zero attached hydrogens (tertiary/aromatic N) is 2. The summed E-state index contributed by atoms with van der Waals surface area (Å²) in [6.45, 7) is 2.05. The third-order valence-electron chi connectivity index (χ3n) is 2.42. The van der Waals surface area contributed by atoms with Crippen LogP contribution in [0.3, 0.4) is 0 Å². The zero-order chi connectivity index (χ0) is 12.3. The molecule has 0 saturated heterocycles. The fraction of sp³-hybridized carbons (Fsp3) is 0.167. The maximum Gasteiger partial charge on any atom is 0.170 e. The van der Waals surface area contributed by atoms with Crippen molar-refractivity contribution < 1.29 is 0 Å². The van der Waals surface area contributed by atoms with Gasteiger partial charge in [0.15, 0.2) is 11.6 Å². The first-order valence-corrected chi connectivity index (χ1v) is 6.05. The lowest BCUT2D eigenvalue weighted by molar-refractivity contribution is 0.871. The van der Waals surface area contributed by atoms with Crippen LogP contribution >= 0.6 is 15.9 Å². The molecule has 0 saturated carbocycles. The zero-order valence-corrected chi connectivity index (χ0v) is 11.0. The number of nitrogens with two attached hydrogens (primary N) is 1. The van der Waals surface area contributed by atoms with Crippen molar-refractivity contribution in [2.24, 2.45) is 0 Å². The Kier molecular flexibility index (Phi) is 3.58. The smallest absolute Gasteiger partial charge is 0.170 e. The van der Waals surface area contributed by atoms with Crippen LogP contribution in [0, 0.1) is 0 Å². The molecule has 0 aliphatic heterocycles. The Labute approximate surface area is 108 Å². The maximum absolute atomic E-state index is 5.76. The van der Waals surface area contributed by atoms with Crippen molar-refractivity contribution in [1.82, 2.24) is 9.97 Å². The van der Waals surface area contributed by atoms with Crippen molar-refractivity contribution in [3.8, 4) is 0 Å². The van der Waals surface area contributed by atoms with Crippen LogP contribution in [0.4, 0.5) is 11.6 Å². The van der Waals surface area contributed by atoms with E-state index in [9.17, 15) is 0 Å². The minimum absolute atomic E-state index is 0.127. The lowest BCUT2D eigenvalue weighted by atomic mass is 10.1. The molecular formula is C12H13BrN4. The molecule has 0 aliphatic carbocycles. The van der Waals surface area contributed by atoms with Crippen LogP contribution in [0.1, 0.15) is 18.5 Å². The highest BCUT2D eigenvalue weighted by Crippen LogP contribution is 2.22. The van der Waals surface area contributed by atoms with Crippen LogP contribution in [0.25, 0.3) is 0 Å². The molecule has 0 aliphatic rings. The van der Waals surface area contributed by atoms with Gasteiger partial charge in [0.05, 0.1) is 12.2 Å². The average molecular weight is 293 g/mol. The maximum atomic E-state index is 5.76. The molecule has 0 amide bonds. The molecule has 4 nitrogen and oxygen atoms in total. The van der Waals surface area contributed by atoms with Crippen molar-refractivity contribution in [1.29, 1.82) is 0 Å². The highest BCUT2D eigenvalue weighted by molar-refractivity contribution is 9.10. The largest absolute Gasteiger partial charge is 0.381 e. The number of anilines is 2. The molecule has 2 aromatic rings. The Morgan fingerprint density at radius 3 is 2.71 bits per heavy atom. The quantitative estimate of drug-likeness (QED) is 0.913. The fourth-order valence-electron chi connectivity index (χ4n) is 1.51. The predicted molar refractivity (Wildman–Crippen MR) is 72.6 cm³/mol. The summed E-state index contributed by atoms with van der Waals surface area (Å²) in [5.74, 6) is 0.992. The van der Waals surface area contributed by atoms with E-state index in [-0.39, 0.29) is 6.04 Å². The third-order valence-corrected chi connectivity index (χ3v) is 2.81. The van der Waals surface area contributed by atoms with E-state index < -0.39 is 0 Å². The molecule has 2 rings (SSSR count). The van der Waals surface area contributed by atoms with Gasteiger partial charge in [0, 0.05) is 0 Å². The van der Waals surface area contributed by atoms with Crippen molar-refractivity contribution in [2.45, 2.75) is 13.0 Å². The molecule has 0 radical (unpaired) electrons. The Balaban J connectivity index is 2.18. The fourth-order valence-corrected chi connectivity index (χ4v) is 1.79. The van der Waals surface area contributed by atoms with Gasteiger partial charge in [0.2, 0.25) is 0 Å². The van der Waals surface area contributed by atoms with Gasteiger partial charge in [-0.05, 0) is 28.4 Å². The first-order chi connectivity index (χ1) is 8.16. The molecule has 1 aromatic heterocycles. The number of halogens is 1. The monoisotopic (exact) mass is 292 g/mol. The number of nitrogen functional groups attached to an aromatic ring is 1. The molecule has 1 aromatic carbocycles. The molecule has 17 heavy (non-hydrogen) atoms. The number of nitrogens with one attached hydrogen (secondary N) is 1. The number of rotatable bonds is 3. The van der Waals surface area contributed by atoms with E-state index in [1.54, 1.807) is 6.20 Å². The lowest BCUT2D eigenvalue weighted by Gasteiger charge is -2.15. The molecule has 5 heteroatoms. The van der Waals surface area contributed by atoms with Crippen LogP contribution in [-0.4, -0.2) is 9.97 Å². The highest BCUT2D eigenvalue weighted by Gasteiger charge is 2.09. The summed E-state index contributed by atoms with van der Waals surface area (Å²) in [6, 6.07) is 10.2. The van der Waals surface area contributed by atoms with E-state index >= 15 is 0 Å². The van der Waals surface area contributed by atoms with Gasteiger partial charge in [0.25, 0.3) is 0 Å². The van der Waals surface area contributed by atoms with Gasteiger partial charge in [-0.2, -0.15) is 0 Å². The molecular weight excluding hydrogens is 280 g/mol.